The highest BCUT2D eigenvalue weighted by molar-refractivity contribution is 5.71. The predicted molar refractivity (Wildman–Crippen MR) is 69.7 cm³/mol. The van der Waals surface area contributed by atoms with Crippen LogP contribution in [0.3, 0.4) is 0 Å². The summed E-state index contributed by atoms with van der Waals surface area (Å²) in [5.41, 5.74) is 7.91. The molecule has 2 aromatic rings. The van der Waals surface area contributed by atoms with Crippen molar-refractivity contribution in [2.24, 2.45) is 0 Å². The quantitative estimate of drug-likeness (QED) is 0.653. The summed E-state index contributed by atoms with van der Waals surface area (Å²) in [6.45, 7) is 8.60. The van der Waals surface area contributed by atoms with E-state index in [0.29, 0.717) is 0 Å². The number of hydrogen-bond acceptors (Lipinski definition) is 0. The molecule has 0 atom stereocenters. The van der Waals surface area contributed by atoms with Crippen LogP contribution in [0.1, 0.15) is 22.3 Å². The van der Waals surface area contributed by atoms with Crippen LogP contribution >= 0.6 is 0 Å². The monoisotopic (exact) mass is 209 g/mol. The fraction of sp³-hybridized carbons (Fsp3) is 0.250. The summed E-state index contributed by atoms with van der Waals surface area (Å²) in [5.74, 6) is 0. The minimum Gasteiger partial charge on any atom is -0.0563 e. The van der Waals surface area contributed by atoms with Gasteiger partial charge in [-0.3, -0.25) is 0 Å². The molecule has 0 aromatic heterocycles. The third-order valence-corrected chi connectivity index (χ3v) is 2.90. The van der Waals surface area contributed by atoms with E-state index in [9.17, 15) is 0 Å². The van der Waals surface area contributed by atoms with Gasteiger partial charge in [-0.05, 0) is 56.0 Å². The maximum Gasteiger partial charge on any atom is -0.0125 e. The number of rotatable bonds is 1. The molecule has 1 radical (unpaired) electrons. The van der Waals surface area contributed by atoms with E-state index in [-0.39, 0.29) is 0 Å². The summed E-state index contributed by atoms with van der Waals surface area (Å²) in [4.78, 5) is 0. The first kappa shape index (κ1) is 10.9. The molecule has 81 valence electrons. The third kappa shape index (κ3) is 2.01. The number of hydrogen-bond donors (Lipinski definition) is 0. The standard InChI is InChI=1S/C16H17/c1-11-8-12(2)10-15(9-11)16-13(3)6-5-7-14(16)4/h6-10H,1-4H3. The molecule has 0 spiro atoms. The van der Waals surface area contributed by atoms with Gasteiger partial charge < -0.3 is 0 Å². The molecule has 2 rings (SSSR count). The van der Waals surface area contributed by atoms with E-state index in [1.54, 1.807) is 0 Å². The van der Waals surface area contributed by atoms with Crippen molar-refractivity contribution in [3.63, 3.8) is 0 Å². The Bertz CT molecular complexity index is 481. The van der Waals surface area contributed by atoms with Crippen LogP contribution < -0.4 is 0 Å². The fourth-order valence-corrected chi connectivity index (χ4v) is 2.32. The molecule has 0 bridgehead atoms. The fourth-order valence-electron chi connectivity index (χ4n) is 2.32. The average Bonchev–Trinajstić information content (AvgIpc) is 2.15. The first-order valence-corrected chi connectivity index (χ1v) is 5.64. The zero-order valence-electron chi connectivity index (χ0n) is 10.4. The van der Waals surface area contributed by atoms with Crippen molar-refractivity contribution in [2.75, 3.05) is 0 Å². The Labute approximate surface area is 97.9 Å². The maximum absolute atomic E-state index is 3.17. The summed E-state index contributed by atoms with van der Waals surface area (Å²) in [5, 5.41) is 0. The van der Waals surface area contributed by atoms with Crippen molar-refractivity contribution in [3.05, 3.63) is 58.7 Å². The zero-order chi connectivity index (χ0) is 11.7. The van der Waals surface area contributed by atoms with Crippen molar-refractivity contribution in [2.45, 2.75) is 27.7 Å². The smallest absolute Gasteiger partial charge is 0.0125 e. The van der Waals surface area contributed by atoms with E-state index >= 15 is 0 Å². The van der Waals surface area contributed by atoms with Gasteiger partial charge in [-0.15, -0.1) is 0 Å². The second kappa shape index (κ2) is 4.13. The summed E-state index contributed by atoms with van der Waals surface area (Å²) in [7, 11) is 0. The van der Waals surface area contributed by atoms with Crippen LogP contribution in [0.25, 0.3) is 11.1 Å². The molecule has 0 saturated heterocycles. The van der Waals surface area contributed by atoms with Gasteiger partial charge in [0.2, 0.25) is 0 Å². The molecule has 0 unspecified atom stereocenters. The van der Waals surface area contributed by atoms with E-state index in [4.69, 9.17) is 0 Å². The average molecular weight is 209 g/mol. The van der Waals surface area contributed by atoms with Crippen LogP contribution in [-0.4, -0.2) is 0 Å². The Kier molecular flexibility index (Phi) is 2.82. The van der Waals surface area contributed by atoms with Crippen molar-refractivity contribution < 1.29 is 0 Å². The minimum atomic E-state index is 1.30. The molecule has 0 N–H and O–H groups in total. The lowest BCUT2D eigenvalue weighted by molar-refractivity contribution is 1.34. The van der Waals surface area contributed by atoms with Gasteiger partial charge in [0, 0.05) is 0 Å². The summed E-state index contributed by atoms with van der Waals surface area (Å²) in [6.07, 6.45) is 0. The summed E-state index contributed by atoms with van der Waals surface area (Å²) < 4.78 is 0. The highest BCUT2D eigenvalue weighted by Gasteiger charge is 2.05. The van der Waals surface area contributed by atoms with Crippen molar-refractivity contribution >= 4 is 0 Å². The molecule has 2 aromatic carbocycles. The van der Waals surface area contributed by atoms with Gasteiger partial charge >= 0.3 is 0 Å². The van der Waals surface area contributed by atoms with Gasteiger partial charge in [0.25, 0.3) is 0 Å². The van der Waals surface area contributed by atoms with Crippen LogP contribution in [-0.2, 0) is 0 Å². The van der Waals surface area contributed by atoms with E-state index < -0.39 is 0 Å². The van der Waals surface area contributed by atoms with Gasteiger partial charge in [0.15, 0.2) is 0 Å². The van der Waals surface area contributed by atoms with Crippen LogP contribution in [0.5, 0.6) is 0 Å². The molecule has 0 fully saturated rings. The van der Waals surface area contributed by atoms with E-state index in [2.05, 4.69) is 64.1 Å². The van der Waals surface area contributed by atoms with Gasteiger partial charge in [-0.2, -0.15) is 0 Å². The minimum absolute atomic E-state index is 1.30. The topological polar surface area (TPSA) is 0 Å². The maximum atomic E-state index is 3.17. The Hall–Kier alpha value is -1.56. The number of aryl methyl sites for hydroxylation is 4. The van der Waals surface area contributed by atoms with Crippen molar-refractivity contribution in [1.29, 1.82) is 0 Å². The van der Waals surface area contributed by atoms with Crippen molar-refractivity contribution in [1.82, 2.24) is 0 Å². The molecular weight excluding hydrogens is 192 g/mol. The second-order valence-electron chi connectivity index (χ2n) is 4.57. The van der Waals surface area contributed by atoms with E-state index in [0.717, 1.165) is 0 Å². The summed E-state index contributed by atoms with van der Waals surface area (Å²) in [6, 6.07) is 14.0. The van der Waals surface area contributed by atoms with E-state index in [1.165, 1.54) is 33.4 Å². The SMILES string of the molecule is Cc1cc(C)cc(-c2c(C)c[c]cc2C)c1. The van der Waals surface area contributed by atoms with Gasteiger partial charge in [0.05, 0.1) is 0 Å². The molecule has 0 heteroatoms. The Morgan fingerprint density at radius 2 is 1.25 bits per heavy atom. The first-order valence-electron chi connectivity index (χ1n) is 5.64. The Morgan fingerprint density at radius 1 is 0.750 bits per heavy atom. The normalized spacial score (nSPS) is 10.5. The molecule has 0 aliphatic heterocycles. The van der Waals surface area contributed by atoms with Crippen LogP contribution in [0, 0.1) is 33.8 Å². The Morgan fingerprint density at radius 3 is 1.75 bits per heavy atom. The lowest BCUT2D eigenvalue weighted by Crippen LogP contribution is -1.89. The lowest BCUT2D eigenvalue weighted by Gasteiger charge is -2.11. The molecule has 0 saturated carbocycles. The van der Waals surface area contributed by atoms with Crippen LogP contribution in [0.4, 0.5) is 0 Å². The zero-order valence-corrected chi connectivity index (χ0v) is 10.4. The van der Waals surface area contributed by atoms with Crippen molar-refractivity contribution in [3.8, 4) is 11.1 Å². The van der Waals surface area contributed by atoms with E-state index in [1.807, 2.05) is 0 Å². The predicted octanol–water partition coefficient (Wildman–Crippen LogP) is 4.39. The van der Waals surface area contributed by atoms with Gasteiger partial charge in [-0.25, -0.2) is 0 Å². The molecule has 0 nitrogen and oxygen atoms in total. The Balaban J connectivity index is 2.67. The molecule has 0 aliphatic carbocycles. The molecule has 0 heterocycles. The molecule has 0 aliphatic rings. The number of benzene rings is 2. The van der Waals surface area contributed by atoms with Gasteiger partial charge in [-0.1, -0.05) is 41.5 Å². The molecule has 16 heavy (non-hydrogen) atoms. The highest BCUT2D eigenvalue weighted by atomic mass is 14.1. The van der Waals surface area contributed by atoms with Crippen LogP contribution in [0.15, 0.2) is 30.3 Å². The second-order valence-corrected chi connectivity index (χ2v) is 4.57. The van der Waals surface area contributed by atoms with Crippen LogP contribution in [0.2, 0.25) is 0 Å². The highest BCUT2D eigenvalue weighted by Crippen LogP contribution is 2.28. The third-order valence-electron chi connectivity index (χ3n) is 2.90. The lowest BCUT2D eigenvalue weighted by atomic mass is 9.93. The molecule has 0 amide bonds. The molecular formula is C16H17. The first-order chi connectivity index (χ1) is 7.58. The largest absolute Gasteiger partial charge is 0.0563 e. The van der Waals surface area contributed by atoms with Gasteiger partial charge in [0.1, 0.15) is 0 Å². The summed E-state index contributed by atoms with van der Waals surface area (Å²) >= 11 is 0.